The van der Waals surface area contributed by atoms with E-state index in [2.05, 4.69) is 14.9 Å². The number of aromatic amines is 1. The Balaban J connectivity index is 1.89. The lowest BCUT2D eigenvalue weighted by molar-refractivity contribution is -0.142. The Bertz CT molecular complexity index is 930. The monoisotopic (exact) mass is 391 g/mol. The highest BCUT2D eigenvalue weighted by molar-refractivity contribution is 7.89. The number of H-pyrrole nitrogens is 1. The maximum Gasteiger partial charge on any atom is 0.311 e. The number of esters is 1. The highest BCUT2D eigenvalue weighted by Crippen LogP contribution is 2.32. The molecule has 1 aliphatic carbocycles. The van der Waals surface area contributed by atoms with Crippen molar-refractivity contribution >= 4 is 16.0 Å². The van der Waals surface area contributed by atoms with Gasteiger partial charge in [0.25, 0.3) is 0 Å². The van der Waals surface area contributed by atoms with Gasteiger partial charge in [0.1, 0.15) is 0 Å². The molecule has 1 atom stereocenters. The predicted octanol–water partition coefficient (Wildman–Crippen LogP) is 2.49. The summed E-state index contributed by atoms with van der Waals surface area (Å²) in [5.74, 6) is -0.367. The molecule has 27 heavy (non-hydrogen) atoms. The van der Waals surface area contributed by atoms with Crippen molar-refractivity contribution in [3.05, 3.63) is 46.3 Å². The van der Waals surface area contributed by atoms with E-state index in [4.69, 9.17) is 4.74 Å². The number of carbonyl (C=O) groups excluding carboxylic acids is 1. The Morgan fingerprint density at radius 3 is 2.67 bits per heavy atom. The number of aromatic nitrogens is 2. The number of nitrogens with one attached hydrogen (secondary N) is 2. The molecule has 7 nitrogen and oxygen atoms in total. The second-order valence-electron chi connectivity index (χ2n) is 6.93. The summed E-state index contributed by atoms with van der Waals surface area (Å²) in [6.45, 7) is 5.80. The lowest BCUT2D eigenvalue weighted by atomic mass is 9.91. The number of hydrogen-bond acceptors (Lipinski definition) is 5. The minimum Gasteiger partial charge on any atom is -0.466 e. The molecule has 8 heteroatoms. The molecule has 0 saturated heterocycles. The second kappa shape index (κ2) is 7.82. The summed E-state index contributed by atoms with van der Waals surface area (Å²) >= 11 is 0. The van der Waals surface area contributed by atoms with Gasteiger partial charge >= 0.3 is 5.97 Å². The summed E-state index contributed by atoms with van der Waals surface area (Å²) in [4.78, 5) is 12.1. The van der Waals surface area contributed by atoms with Gasteiger partial charge < -0.3 is 4.74 Å². The van der Waals surface area contributed by atoms with Crippen molar-refractivity contribution in [2.75, 3.05) is 6.61 Å². The summed E-state index contributed by atoms with van der Waals surface area (Å²) in [5.41, 5.74) is 4.00. The van der Waals surface area contributed by atoms with E-state index in [9.17, 15) is 13.2 Å². The molecule has 1 aromatic carbocycles. The summed E-state index contributed by atoms with van der Waals surface area (Å²) in [6.07, 6.45) is 2.31. The number of ether oxygens (including phenoxy) is 1. The lowest BCUT2D eigenvalue weighted by Gasteiger charge is -2.24. The highest BCUT2D eigenvalue weighted by atomic mass is 32.2. The van der Waals surface area contributed by atoms with E-state index in [0.29, 0.717) is 18.7 Å². The van der Waals surface area contributed by atoms with Crippen LogP contribution in [0.1, 0.15) is 53.9 Å². The zero-order valence-corrected chi connectivity index (χ0v) is 16.6. The van der Waals surface area contributed by atoms with Crippen LogP contribution in [0, 0.1) is 13.8 Å². The maximum absolute atomic E-state index is 12.9. The third-order valence-electron chi connectivity index (χ3n) is 4.65. The number of nitrogens with zero attached hydrogens (tertiary/aromatic N) is 1. The van der Waals surface area contributed by atoms with E-state index in [1.807, 2.05) is 19.9 Å². The first-order chi connectivity index (χ1) is 12.8. The number of sulfonamides is 1. The van der Waals surface area contributed by atoms with Gasteiger partial charge in [0, 0.05) is 11.3 Å². The Morgan fingerprint density at radius 2 is 2.00 bits per heavy atom. The van der Waals surface area contributed by atoms with Crippen LogP contribution in [0.3, 0.4) is 0 Å². The summed E-state index contributed by atoms with van der Waals surface area (Å²) in [5, 5.41) is 7.20. The molecule has 1 heterocycles. The standard InChI is InChI=1S/C19H25N3O4S/c1-4-26-18(23)11-17-19-15(20-21-17)6-5-7-16(19)22-27(24,25)14-9-12(2)8-13(3)10-14/h8-10,16,22H,4-7,11H2,1-3H3,(H,20,21). The number of rotatable bonds is 6. The highest BCUT2D eigenvalue weighted by Gasteiger charge is 2.31. The molecular weight excluding hydrogens is 366 g/mol. The smallest absolute Gasteiger partial charge is 0.311 e. The van der Waals surface area contributed by atoms with Crippen molar-refractivity contribution in [2.45, 2.75) is 57.4 Å². The molecule has 1 unspecified atom stereocenters. The predicted molar refractivity (Wildman–Crippen MR) is 101 cm³/mol. The van der Waals surface area contributed by atoms with Crippen LogP contribution in [-0.2, 0) is 32.4 Å². The average molecular weight is 391 g/mol. The number of aryl methyl sites for hydroxylation is 3. The van der Waals surface area contributed by atoms with Crippen LogP contribution < -0.4 is 4.72 Å². The minimum atomic E-state index is -3.69. The van der Waals surface area contributed by atoms with Crippen LogP contribution in [0.25, 0.3) is 0 Å². The van der Waals surface area contributed by atoms with Crippen LogP contribution in [0.4, 0.5) is 0 Å². The summed E-state index contributed by atoms with van der Waals surface area (Å²) in [7, 11) is -3.69. The Labute approximate surface area is 159 Å². The number of fused-ring (bicyclic) bond motifs is 1. The van der Waals surface area contributed by atoms with Crippen molar-refractivity contribution in [3.63, 3.8) is 0 Å². The molecule has 0 fully saturated rings. The zero-order chi connectivity index (χ0) is 19.6. The molecule has 0 amide bonds. The van der Waals surface area contributed by atoms with Crippen molar-refractivity contribution in [1.82, 2.24) is 14.9 Å². The van der Waals surface area contributed by atoms with E-state index < -0.39 is 16.1 Å². The van der Waals surface area contributed by atoms with E-state index in [0.717, 1.165) is 35.2 Å². The van der Waals surface area contributed by atoms with E-state index in [1.165, 1.54) is 0 Å². The molecule has 1 aromatic heterocycles. The zero-order valence-electron chi connectivity index (χ0n) is 15.8. The minimum absolute atomic E-state index is 0.0292. The summed E-state index contributed by atoms with van der Waals surface area (Å²) in [6, 6.07) is 4.84. The van der Waals surface area contributed by atoms with Gasteiger partial charge in [-0.25, -0.2) is 13.1 Å². The van der Waals surface area contributed by atoms with Gasteiger partial charge in [-0.2, -0.15) is 5.10 Å². The van der Waals surface area contributed by atoms with Gasteiger partial charge in [-0.05, 0) is 63.3 Å². The molecule has 1 aliphatic rings. The second-order valence-corrected chi connectivity index (χ2v) is 8.65. The normalized spacial score (nSPS) is 16.8. The lowest BCUT2D eigenvalue weighted by Crippen LogP contribution is -2.31. The molecule has 146 valence electrons. The van der Waals surface area contributed by atoms with Crippen LogP contribution >= 0.6 is 0 Å². The number of carbonyl (C=O) groups is 1. The molecular formula is C19H25N3O4S. The van der Waals surface area contributed by atoms with Crippen LogP contribution in [0.2, 0.25) is 0 Å². The van der Waals surface area contributed by atoms with Gasteiger partial charge in [0.05, 0.1) is 29.7 Å². The fraction of sp³-hybridized carbons (Fsp3) is 0.474. The van der Waals surface area contributed by atoms with Gasteiger partial charge in [0.15, 0.2) is 0 Å². The number of benzene rings is 1. The molecule has 0 spiro atoms. The van der Waals surface area contributed by atoms with Crippen LogP contribution in [0.15, 0.2) is 23.1 Å². The SMILES string of the molecule is CCOC(=O)Cc1n[nH]c2c1C(NS(=O)(=O)c1cc(C)cc(C)c1)CCC2. The summed E-state index contributed by atoms with van der Waals surface area (Å²) < 4.78 is 33.7. The van der Waals surface area contributed by atoms with Crippen LogP contribution in [-0.4, -0.2) is 31.2 Å². The van der Waals surface area contributed by atoms with Gasteiger partial charge in [-0.3, -0.25) is 9.89 Å². The molecule has 0 radical (unpaired) electrons. The van der Waals surface area contributed by atoms with E-state index in [1.54, 1.807) is 19.1 Å². The van der Waals surface area contributed by atoms with Crippen molar-refractivity contribution in [1.29, 1.82) is 0 Å². The van der Waals surface area contributed by atoms with E-state index >= 15 is 0 Å². The third kappa shape index (κ3) is 4.39. The number of hydrogen-bond donors (Lipinski definition) is 2. The quantitative estimate of drug-likeness (QED) is 0.737. The Kier molecular flexibility index (Phi) is 5.67. The molecule has 2 N–H and O–H groups in total. The Morgan fingerprint density at radius 1 is 1.30 bits per heavy atom. The molecule has 2 aromatic rings. The molecule has 0 bridgehead atoms. The van der Waals surface area contributed by atoms with E-state index in [-0.39, 0.29) is 17.3 Å². The van der Waals surface area contributed by atoms with Gasteiger partial charge in [-0.1, -0.05) is 6.07 Å². The first-order valence-corrected chi connectivity index (χ1v) is 10.6. The average Bonchev–Trinajstić information content (AvgIpc) is 2.98. The Hall–Kier alpha value is -2.19. The van der Waals surface area contributed by atoms with Crippen LogP contribution in [0.5, 0.6) is 0 Å². The molecule has 0 aliphatic heterocycles. The fourth-order valence-corrected chi connectivity index (χ4v) is 5.03. The first kappa shape index (κ1) is 19.6. The van der Waals surface area contributed by atoms with Crippen molar-refractivity contribution in [2.24, 2.45) is 0 Å². The largest absolute Gasteiger partial charge is 0.466 e. The maximum atomic E-state index is 12.9. The third-order valence-corrected chi connectivity index (χ3v) is 6.10. The topological polar surface area (TPSA) is 101 Å². The van der Waals surface area contributed by atoms with Crippen molar-refractivity contribution in [3.8, 4) is 0 Å². The molecule has 3 rings (SSSR count). The molecule has 0 saturated carbocycles. The fourth-order valence-electron chi connectivity index (χ4n) is 3.60. The first-order valence-electron chi connectivity index (χ1n) is 9.12. The van der Waals surface area contributed by atoms with Gasteiger partial charge in [0.2, 0.25) is 10.0 Å². The van der Waals surface area contributed by atoms with Crippen molar-refractivity contribution < 1.29 is 17.9 Å². The van der Waals surface area contributed by atoms with Gasteiger partial charge in [-0.15, -0.1) is 0 Å².